The molecule has 1 heterocycles. The number of carbonyl (C=O) groups is 1. The fourth-order valence-electron chi connectivity index (χ4n) is 1.46. The summed E-state index contributed by atoms with van der Waals surface area (Å²) in [6.45, 7) is 0. The molecule has 1 aliphatic heterocycles. The van der Waals surface area contributed by atoms with Crippen LogP contribution in [0.4, 0.5) is 0 Å². The van der Waals surface area contributed by atoms with Gasteiger partial charge in [0, 0.05) is 20.3 Å². The number of nitrogens with one attached hydrogen (secondary N) is 2. The van der Waals surface area contributed by atoms with Crippen LogP contribution in [0.5, 0.6) is 0 Å². The highest BCUT2D eigenvalue weighted by molar-refractivity contribution is 8.18. The molecule has 0 aromatic heterocycles. The summed E-state index contributed by atoms with van der Waals surface area (Å²) in [5.74, 6) is -0.314. The molecule has 0 radical (unpaired) electrons. The molecule has 2 N–H and O–H groups in total. The van der Waals surface area contributed by atoms with Gasteiger partial charge < -0.3 is 4.90 Å². The van der Waals surface area contributed by atoms with E-state index in [-0.39, 0.29) is 16.0 Å². The molecule has 0 spiro atoms. The largest absolute Gasteiger partial charge is 0.382 e. The molecule has 7 nitrogen and oxygen atoms in total. The van der Waals surface area contributed by atoms with Crippen LogP contribution in [0, 0.1) is 0 Å². The standard InChI is InChI=1S/C12H14N4O3S2/c1-16(2)8-10-11(17)13-12(20-10)14-15-21(18,19)9-6-4-3-5-7-9/h3-8,15H,1-2H3,(H,13,14,17)/b10-8-. The molecule has 1 aromatic carbocycles. The zero-order valence-corrected chi connectivity index (χ0v) is 13.0. The molecule has 1 saturated heterocycles. The average molecular weight is 326 g/mol. The van der Waals surface area contributed by atoms with Gasteiger partial charge >= 0.3 is 0 Å². The predicted molar refractivity (Wildman–Crippen MR) is 81.7 cm³/mol. The highest BCUT2D eigenvalue weighted by Crippen LogP contribution is 2.23. The van der Waals surface area contributed by atoms with Gasteiger partial charge in [-0.1, -0.05) is 18.2 Å². The highest BCUT2D eigenvalue weighted by Gasteiger charge is 2.25. The molecule has 1 amide bonds. The third kappa shape index (κ3) is 3.99. The third-order valence-corrected chi connectivity index (χ3v) is 4.47. The van der Waals surface area contributed by atoms with Crippen molar-refractivity contribution in [3.8, 4) is 0 Å². The first kappa shape index (κ1) is 15.4. The lowest BCUT2D eigenvalue weighted by molar-refractivity contribution is -0.115. The molecular weight excluding hydrogens is 312 g/mol. The summed E-state index contributed by atoms with van der Waals surface area (Å²) in [6.07, 6.45) is 1.63. The molecule has 0 bridgehead atoms. The number of hydrogen-bond acceptors (Lipinski definition) is 6. The van der Waals surface area contributed by atoms with Gasteiger partial charge in [0.25, 0.3) is 15.9 Å². The van der Waals surface area contributed by atoms with Gasteiger partial charge in [0.15, 0.2) is 5.17 Å². The van der Waals surface area contributed by atoms with E-state index in [1.807, 2.05) is 0 Å². The van der Waals surface area contributed by atoms with E-state index >= 15 is 0 Å². The summed E-state index contributed by atoms with van der Waals surface area (Å²) in [5, 5.41) is 6.40. The Labute approximate surface area is 127 Å². The fourth-order valence-corrected chi connectivity index (χ4v) is 3.20. The number of rotatable bonds is 4. The third-order valence-electron chi connectivity index (χ3n) is 2.35. The molecule has 112 valence electrons. The van der Waals surface area contributed by atoms with Crippen molar-refractivity contribution < 1.29 is 13.2 Å². The van der Waals surface area contributed by atoms with Crippen molar-refractivity contribution in [3.05, 3.63) is 41.4 Å². The van der Waals surface area contributed by atoms with Gasteiger partial charge in [-0.3, -0.25) is 10.1 Å². The summed E-state index contributed by atoms with van der Waals surface area (Å²) < 4.78 is 23.9. The lowest BCUT2D eigenvalue weighted by Crippen LogP contribution is -2.25. The lowest BCUT2D eigenvalue weighted by Gasteiger charge is -2.04. The van der Waals surface area contributed by atoms with Crippen LogP contribution in [0.15, 0.2) is 51.4 Å². The number of hydrogen-bond donors (Lipinski definition) is 2. The molecule has 2 rings (SSSR count). The second kappa shape index (κ2) is 6.19. The van der Waals surface area contributed by atoms with Gasteiger partial charge in [-0.05, 0) is 23.9 Å². The monoisotopic (exact) mass is 326 g/mol. The maximum Gasteiger partial charge on any atom is 0.276 e. The van der Waals surface area contributed by atoms with E-state index in [1.54, 1.807) is 43.4 Å². The zero-order valence-electron chi connectivity index (χ0n) is 11.4. The van der Waals surface area contributed by atoms with Crippen molar-refractivity contribution in [2.45, 2.75) is 4.90 Å². The summed E-state index contributed by atoms with van der Waals surface area (Å²) in [5.41, 5.74) is 0. The average Bonchev–Trinajstić information content (AvgIpc) is 2.78. The van der Waals surface area contributed by atoms with E-state index in [9.17, 15) is 13.2 Å². The summed E-state index contributed by atoms with van der Waals surface area (Å²) in [7, 11) is -0.166. The summed E-state index contributed by atoms with van der Waals surface area (Å²) in [6, 6.07) is 7.87. The molecule has 1 fully saturated rings. The maximum atomic E-state index is 12.0. The number of thioether (sulfide) groups is 1. The normalized spacial score (nSPS) is 18.9. The minimum Gasteiger partial charge on any atom is -0.382 e. The quantitative estimate of drug-likeness (QED) is 0.621. The minimum absolute atomic E-state index is 0.104. The zero-order chi connectivity index (χ0) is 15.5. The predicted octanol–water partition coefficient (Wildman–Crippen LogP) is 0.502. The summed E-state index contributed by atoms with van der Waals surface area (Å²) in [4.78, 5) is 16.0. The van der Waals surface area contributed by atoms with Crippen molar-refractivity contribution in [2.75, 3.05) is 14.1 Å². The Balaban J connectivity index is 2.11. The van der Waals surface area contributed by atoms with Crippen LogP contribution in [-0.4, -0.2) is 38.5 Å². The van der Waals surface area contributed by atoms with Crippen LogP contribution >= 0.6 is 11.8 Å². The highest BCUT2D eigenvalue weighted by atomic mass is 32.2. The molecule has 0 atom stereocenters. The smallest absolute Gasteiger partial charge is 0.276 e. The minimum atomic E-state index is -3.74. The van der Waals surface area contributed by atoms with E-state index in [0.717, 1.165) is 11.8 Å². The topological polar surface area (TPSA) is 90.9 Å². The SMILES string of the molecule is CN(C)/C=C1\S/C(=N/NS(=O)(=O)c2ccccc2)NC1=O. The number of amides is 1. The van der Waals surface area contributed by atoms with Gasteiger partial charge in [-0.15, -0.1) is 5.10 Å². The van der Waals surface area contributed by atoms with E-state index in [1.165, 1.54) is 12.1 Å². The second-order valence-corrected chi connectivity index (χ2v) is 7.03. The molecule has 9 heteroatoms. The Morgan fingerprint density at radius 2 is 1.95 bits per heavy atom. The number of carbonyl (C=O) groups excluding carboxylic acids is 1. The Morgan fingerprint density at radius 1 is 1.29 bits per heavy atom. The molecule has 0 saturated carbocycles. The van der Waals surface area contributed by atoms with Gasteiger partial charge in [-0.25, -0.2) is 0 Å². The number of hydrazone groups is 1. The van der Waals surface area contributed by atoms with Crippen LogP contribution < -0.4 is 10.1 Å². The first-order chi connectivity index (χ1) is 9.88. The molecule has 0 aliphatic carbocycles. The van der Waals surface area contributed by atoms with E-state index < -0.39 is 10.0 Å². The first-order valence-corrected chi connectivity index (χ1v) is 8.20. The summed E-state index contributed by atoms with van der Waals surface area (Å²) >= 11 is 1.06. The molecule has 1 aliphatic rings. The number of sulfonamides is 1. The first-order valence-electron chi connectivity index (χ1n) is 5.90. The van der Waals surface area contributed by atoms with Crippen molar-refractivity contribution in [3.63, 3.8) is 0 Å². The van der Waals surface area contributed by atoms with Gasteiger partial charge in [0.2, 0.25) is 0 Å². The number of amidine groups is 1. The molecule has 1 aromatic rings. The fraction of sp³-hybridized carbons (Fsp3) is 0.167. The van der Waals surface area contributed by atoms with Crippen LogP contribution in [-0.2, 0) is 14.8 Å². The Kier molecular flexibility index (Phi) is 4.53. The van der Waals surface area contributed by atoms with Gasteiger partial charge in [-0.2, -0.15) is 13.2 Å². The number of nitrogens with zero attached hydrogens (tertiary/aromatic N) is 2. The van der Waals surface area contributed by atoms with E-state index in [0.29, 0.717) is 4.91 Å². The van der Waals surface area contributed by atoms with Crippen molar-refractivity contribution in [1.82, 2.24) is 15.0 Å². The number of benzene rings is 1. The van der Waals surface area contributed by atoms with E-state index in [2.05, 4.69) is 15.2 Å². The van der Waals surface area contributed by atoms with Crippen LogP contribution in [0.3, 0.4) is 0 Å². The van der Waals surface area contributed by atoms with Crippen LogP contribution in [0.2, 0.25) is 0 Å². The Hall–Kier alpha value is -2.00. The van der Waals surface area contributed by atoms with E-state index in [4.69, 9.17) is 0 Å². The van der Waals surface area contributed by atoms with Gasteiger partial charge in [0.05, 0.1) is 9.80 Å². The molecule has 21 heavy (non-hydrogen) atoms. The second-order valence-electron chi connectivity index (χ2n) is 4.34. The lowest BCUT2D eigenvalue weighted by atomic mass is 10.4. The molecule has 0 unspecified atom stereocenters. The molecular formula is C12H14N4O3S2. The van der Waals surface area contributed by atoms with Crippen molar-refractivity contribution >= 4 is 32.9 Å². The van der Waals surface area contributed by atoms with Crippen LogP contribution in [0.25, 0.3) is 0 Å². The van der Waals surface area contributed by atoms with Crippen molar-refractivity contribution in [1.29, 1.82) is 0 Å². The Bertz CT molecular complexity index is 696. The van der Waals surface area contributed by atoms with Gasteiger partial charge in [0.1, 0.15) is 0 Å². The van der Waals surface area contributed by atoms with Crippen LogP contribution in [0.1, 0.15) is 0 Å². The Morgan fingerprint density at radius 3 is 2.57 bits per heavy atom. The van der Waals surface area contributed by atoms with Crippen molar-refractivity contribution in [2.24, 2.45) is 5.10 Å². The maximum absolute atomic E-state index is 12.0.